The Morgan fingerprint density at radius 2 is 1.93 bits per heavy atom. The Kier molecular flexibility index (Phi) is 6.60. The van der Waals surface area contributed by atoms with E-state index < -0.39 is 5.97 Å². The average molecular weight is 388 g/mol. The normalized spacial score (nSPS) is 24.9. The average Bonchev–Trinajstić information content (AvgIpc) is 2.84. The van der Waals surface area contributed by atoms with Crippen molar-refractivity contribution in [3.05, 3.63) is 35.4 Å². The third-order valence-electron chi connectivity index (χ3n) is 6.36. The standard InChI is InChI=1S/C22H33N3O3/c1-15(2)19-13-20(18-9-5-4-8-17(18)19)23-22(28)25-11-6-7-16(10-12-25)24(3)14-21(26)27/h4-5,8-9,15-16,19-20H,6-7,10-14H2,1-3H3,(H,23,28)(H,26,27)/t16?,19-,20-/m1/s1. The molecule has 0 aromatic heterocycles. The molecule has 28 heavy (non-hydrogen) atoms. The molecule has 154 valence electrons. The van der Waals surface area contributed by atoms with E-state index in [0.717, 1.165) is 32.2 Å². The van der Waals surface area contributed by atoms with Crippen LogP contribution in [0.2, 0.25) is 0 Å². The number of hydrogen-bond acceptors (Lipinski definition) is 3. The van der Waals surface area contributed by atoms with Crippen LogP contribution < -0.4 is 5.32 Å². The minimum absolute atomic E-state index is 0.00532. The number of nitrogens with one attached hydrogen (secondary N) is 1. The van der Waals surface area contributed by atoms with Crippen molar-refractivity contribution >= 4 is 12.0 Å². The van der Waals surface area contributed by atoms with E-state index in [1.54, 1.807) is 0 Å². The van der Waals surface area contributed by atoms with Gasteiger partial charge in [-0.25, -0.2) is 4.79 Å². The van der Waals surface area contributed by atoms with E-state index in [0.29, 0.717) is 18.4 Å². The molecule has 6 heteroatoms. The Morgan fingerprint density at radius 3 is 2.61 bits per heavy atom. The van der Waals surface area contributed by atoms with E-state index in [2.05, 4.69) is 43.4 Å². The molecule has 0 radical (unpaired) electrons. The van der Waals surface area contributed by atoms with E-state index in [-0.39, 0.29) is 24.7 Å². The molecule has 1 aromatic carbocycles. The van der Waals surface area contributed by atoms with Crippen LogP contribution in [0, 0.1) is 5.92 Å². The summed E-state index contributed by atoms with van der Waals surface area (Å²) in [6.07, 6.45) is 3.60. The number of carboxylic acid groups (broad SMARTS) is 1. The van der Waals surface area contributed by atoms with Gasteiger partial charge in [0.25, 0.3) is 0 Å². The van der Waals surface area contributed by atoms with Crippen LogP contribution >= 0.6 is 0 Å². The lowest BCUT2D eigenvalue weighted by molar-refractivity contribution is -0.138. The van der Waals surface area contributed by atoms with Crippen LogP contribution in [0.4, 0.5) is 4.79 Å². The lowest BCUT2D eigenvalue weighted by atomic mass is 9.90. The number of carbonyl (C=O) groups excluding carboxylic acids is 1. The molecule has 1 fully saturated rings. The van der Waals surface area contributed by atoms with Gasteiger partial charge >= 0.3 is 12.0 Å². The molecule has 1 aromatic rings. The highest BCUT2D eigenvalue weighted by Crippen LogP contribution is 2.44. The van der Waals surface area contributed by atoms with Crippen molar-refractivity contribution in [1.82, 2.24) is 15.1 Å². The topological polar surface area (TPSA) is 72.9 Å². The Balaban J connectivity index is 1.60. The number of carboxylic acids is 1. The van der Waals surface area contributed by atoms with Crippen molar-refractivity contribution in [2.24, 2.45) is 5.92 Å². The quantitative estimate of drug-likeness (QED) is 0.812. The molecule has 1 saturated heterocycles. The van der Waals surface area contributed by atoms with Crippen molar-refractivity contribution in [3.8, 4) is 0 Å². The molecule has 1 heterocycles. The minimum Gasteiger partial charge on any atom is -0.480 e. The van der Waals surface area contributed by atoms with Gasteiger partial charge in [-0.05, 0) is 55.7 Å². The summed E-state index contributed by atoms with van der Waals surface area (Å²) in [6, 6.07) is 8.77. The summed E-state index contributed by atoms with van der Waals surface area (Å²) in [4.78, 5) is 27.7. The number of carbonyl (C=O) groups is 2. The number of aliphatic carboxylic acids is 1. The summed E-state index contributed by atoms with van der Waals surface area (Å²) in [7, 11) is 1.86. The number of likely N-dealkylation sites (tertiary alicyclic amines) is 1. The van der Waals surface area contributed by atoms with Gasteiger partial charge in [-0.1, -0.05) is 38.1 Å². The Bertz CT molecular complexity index is 706. The molecule has 1 unspecified atom stereocenters. The van der Waals surface area contributed by atoms with Gasteiger partial charge < -0.3 is 15.3 Å². The van der Waals surface area contributed by atoms with Crippen molar-refractivity contribution in [2.75, 3.05) is 26.7 Å². The third kappa shape index (κ3) is 4.66. The minimum atomic E-state index is -0.805. The molecule has 3 rings (SSSR count). The number of likely N-dealkylation sites (N-methyl/N-ethyl adjacent to an activating group) is 1. The second kappa shape index (κ2) is 8.95. The number of nitrogens with zero attached hydrogens (tertiary/aromatic N) is 2. The zero-order chi connectivity index (χ0) is 20.3. The van der Waals surface area contributed by atoms with Crippen LogP contribution in [0.3, 0.4) is 0 Å². The lowest BCUT2D eigenvalue weighted by Gasteiger charge is -2.26. The summed E-state index contributed by atoms with van der Waals surface area (Å²) in [5.74, 6) is 0.229. The maximum atomic E-state index is 13.0. The Labute approximate surface area is 167 Å². The highest BCUT2D eigenvalue weighted by Gasteiger charge is 2.34. The van der Waals surface area contributed by atoms with Crippen molar-refractivity contribution in [3.63, 3.8) is 0 Å². The predicted molar refractivity (Wildman–Crippen MR) is 109 cm³/mol. The lowest BCUT2D eigenvalue weighted by Crippen LogP contribution is -2.42. The van der Waals surface area contributed by atoms with Crippen molar-refractivity contribution in [2.45, 2.75) is 57.5 Å². The van der Waals surface area contributed by atoms with E-state index >= 15 is 0 Å². The summed E-state index contributed by atoms with van der Waals surface area (Å²) < 4.78 is 0. The summed E-state index contributed by atoms with van der Waals surface area (Å²) >= 11 is 0. The van der Waals surface area contributed by atoms with Crippen LogP contribution in [-0.2, 0) is 4.79 Å². The summed E-state index contributed by atoms with van der Waals surface area (Å²) in [6.45, 7) is 5.93. The van der Waals surface area contributed by atoms with Crippen LogP contribution in [-0.4, -0.2) is 59.6 Å². The Hall–Kier alpha value is -2.08. The van der Waals surface area contributed by atoms with E-state index in [9.17, 15) is 9.59 Å². The van der Waals surface area contributed by atoms with E-state index in [1.165, 1.54) is 11.1 Å². The van der Waals surface area contributed by atoms with Gasteiger partial charge in [-0.2, -0.15) is 0 Å². The Morgan fingerprint density at radius 1 is 1.21 bits per heavy atom. The van der Waals surface area contributed by atoms with Gasteiger partial charge in [0.1, 0.15) is 0 Å². The fourth-order valence-corrected chi connectivity index (χ4v) is 4.75. The highest BCUT2D eigenvalue weighted by atomic mass is 16.4. The number of rotatable bonds is 5. The fourth-order valence-electron chi connectivity index (χ4n) is 4.75. The molecule has 1 aliphatic heterocycles. The van der Waals surface area contributed by atoms with E-state index in [4.69, 9.17) is 5.11 Å². The first-order chi connectivity index (χ1) is 13.4. The molecule has 0 saturated carbocycles. The molecule has 2 amide bonds. The molecule has 0 bridgehead atoms. The zero-order valence-electron chi connectivity index (χ0n) is 17.2. The molecule has 1 aliphatic carbocycles. The molecule has 2 aliphatic rings. The van der Waals surface area contributed by atoms with Crippen LogP contribution in [0.25, 0.3) is 0 Å². The van der Waals surface area contributed by atoms with Gasteiger partial charge in [0.2, 0.25) is 0 Å². The van der Waals surface area contributed by atoms with Gasteiger partial charge in [0.05, 0.1) is 12.6 Å². The number of fused-ring (bicyclic) bond motifs is 1. The molecule has 3 atom stereocenters. The van der Waals surface area contributed by atoms with Crippen LogP contribution in [0.5, 0.6) is 0 Å². The second-order valence-corrected chi connectivity index (χ2v) is 8.60. The van der Waals surface area contributed by atoms with Crippen LogP contribution in [0.1, 0.15) is 62.6 Å². The summed E-state index contributed by atoms with van der Waals surface area (Å²) in [5.41, 5.74) is 2.62. The first-order valence-electron chi connectivity index (χ1n) is 10.4. The van der Waals surface area contributed by atoms with Gasteiger partial charge in [0.15, 0.2) is 0 Å². The number of amides is 2. The number of urea groups is 1. The molecular weight excluding hydrogens is 354 g/mol. The first-order valence-corrected chi connectivity index (χ1v) is 10.4. The smallest absolute Gasteiger partial charge is 0.317 e. The monoisotopic (exact) mass is 387 g/mol. The maximum Gasteiger partial charge on any atom is 0.317 e. The fraction of sp³-hybridized carbons (Fsp3) is 0.636. The van der Waals surface area contributed by atoms with Gasteiger partial charge in [0, 0.05) is 19.1 Å². The van der Waals surface area contributed by atoms with Crippen LogP contribution in [0.15, 0.2) is 24.3 Å². The molecule has 6 nitrogen and oxygen atoms in total. The highest BCUT2D eigenvalue weighted by molar-refractivity contribution is 5.75. The molecular formula is C22H33N3O3. The van der Waals surface area contributed by atoms with Gasteiger partial charge in [-0.15, -0.1) is 0 Å². The van der Waals surface area contributed by atoms with Gasteiger partial charge in [-0.3, -0.25) is 9.69 Å². The SMILES string of the molecule is CC(C)[C@H]1C[C@@H](NC(=O)N2CCCC(N(C)CC(=O)O)CC2)c2ccccc21. The predicted octanol–water partition coefficient (Wildman–Crippen LogP) is 3.45. The van der Waals surface area contributed by atoms with Crippen molar-refractivity contribution < 1.29 is 14.7 Å². The molecule has 2 N–H and O–H groups in total. The second-order valence-electron chi connectivity index (χ2n) is 8.60. The molecule has 0 spiro atoms. The number of benzene rings is 1. The maximum absolute atomic E-state index is 13.0. The number of hydrogen-bond donors (Lipinski definition) is 2. The van der Waals surface area contributed by atoms with Crippen molar-refractivity contribution in [1.29, 1.82) is 0 Å². The largest absolute Gasteiger partial charge is 0.480 e. The third-order valence-corrected chi connectivity index (χ3v) is 6.36. The zero-order valence-corrected chi connectivity index (χ0v) is 17.2. The first kappa shape index (κ1) is 20.6. The summed E-state index contributed by atoms with van der Waals surface area (Å²) in [5, 5.41) is 12.3. The van der Waals surface area contributed by atoms with E-state index in [1.807, 2.05) is 16.8 Å².